The molecule has 0 nitrogen and oxygen atoms in total. The smallest absolute Gasteiger partial charge is 0.167 e. The Morgan fingerprint density at radius 3 is 1.70 bits per heavy atom. The fraction of sp³-hybridized carbons (Fsp3) is 0.600. The van der Waals surface area contributed by atoms with Gasteiger partial charge in [-0.3, -0.25) is 0 Å². The summed E-state index contributed by atoms with van der Waals surface area (Å²) in [6.45, 7) is 0. The van der Waals surface area contributed by atoms with Crippen LogP contribution in [-0.2, 0) is 0 Å². The van der Waals surface area contributed by atoms with E-state index in [2.05, 4.69) is 0 Å². The zero-order valence-corrected chi connectivity index (χ0v) is 7.16. The van der Waals surface area contributed by atoms with Crippen molar-refractivity contribution in [2.45, 2.75) is 6.18 Å². The molecule has 0 fully saturated rings. The Kier molecular flexibility index (Phi) is 4.28. The predicted octanol–water partition coefficient (Wildman–Crippen LogP) is 3.12. The predicted molar refractivity (Wildman–Crippen MR) is 41.2 cm³/mol. The van der Waals surface area contributed by atoms with E-state index in [1.54, 1.807) is 12.5 Å². The Balaban J connectivity index is 4.11. The number of allylic oxidation sites excluding steroid dienone is 1. The molecule has 5 heteroatoms. The van der Waals surface area contributed by atoms with Crippen molar-refractivity contribution >= 4 is 23.5 Å². The quantitative estimate of drug-likeness (QED) is 0.653. The summed E-state index contributed by atoms with van der Waals surface area (Å²) in [6.07, 6.45) is -0.633. The standard InChI is InChI=1S/C5H7F3S2/c1-9-4(10-2)3-5(6,7)8/h3H,1-2H3. The highest BCUT2D eigenvalue weighted by molar-refractivity contribution is 8.21. The maximum Gasteiger partial charge on any atom is 0.411 e. The zero-order valence-electron chi connectivity index (χ0n) is 5.53. The molecule has 0 saturated heterocycles. The lowest BCUT2D eigenvalue weighted by atomic mass is 10.6. The molecule has 0 amide bonds. The molecule has 0 unspecified atom stereocenters. The third-order valence-corrected chi connectivity index (χ3v) is 2.72. The van der Waals surface area contributed by atoms with E-state index in [1.165, 1.54) is 0 Å². The van der Waals surface area contributed by atoms with Gasteiger partial charge in [0.1, 0.15) is 0 Å². The van der Waals surface area contributed by atoms with E-state index in [4.69, 9.17) is 0 Å². The molecule has 0 N–H and O–H groups in total. The third kappa shape index (κ3) is 5.05. The van der Waals surface area contributed by atoms with Crippen molar-refractivity contribution in [2.75, 3.05) is 12.5 Å². The highest BCUT2D eigenvalue weighted by Crippen LogP contribution is 2.29. The van der Waals surface area contributed by atoms with Crippen LogP contribution in [0.4, 0.5) is 13.2 Å². The normalized spacial score (nSPS) is 11.3. The van der Waals surface area contributed by atoms with E-state index in [-0.39, 0.29) is 4.24 Å². The molecule has 0 saturated carbocycles. The summed E-state index contributed by atoms with van der Waals surface area (Å²) in [5.74, 6) is 0. The van der Waals surface area contributed by atoms with Crippen LogP contribution in [0.15, 0.2) is 10.3 Å². The van der Waals surface area contributed by atoms with Crippen LogP contribution in [0.2, 0.25) is 0 Å². The van der Waals surface area contributed by atoms with Gasteiger partial charge in [-0.1, -0.05) is 0 Å². The Hall–Kier alpha value is 0.230. The molecular weight excluding hydrogens is 181 g/mol. The Morgan fingerprint density at radius 2 is 1.60 bits per heavy atom. The van der Waals surface area contributed by atoms with E-state index in [1.807, 2.05) is 0 Å². The summed E-state index contributed by atoms with van der Waals surface area (Å²) in [5, 5.41) is 0. The average Bonchev–Trinajstić information content (AvgIpc) is 1.81. The van der Waals surface area contributed by atoms with E-state index in [0.717, 1.165) is 23.5 Å². The van der Waals surface area contributed by atoms with Crippen LogP contribution in [0.3, 0.4) is 0 Å². The van der Waals surface area contributed by atoms with E-state index >= 15 is 0 Å². The molecule has 0 rings (SSSR count). The first kappa shape index (κ1) is 10.2. The maximum atomic E-state index is 11.6. The van der Waals surface area contributed by atoms with Crippen LogP contribution in [0.1, 0.15) is 0 Å². The molecule has 0 aliphatic heterocycles. The number of thioether (sulfide) groups is 2. The molecule has 0 aliphatic rings. The summed E-state index contributed by atoms with van der Waals surface area (Å²) >= 11 is 2.20. The molecule has 0 radical (unpaired) electrons. The second-order valence-corrected chi connectivity index (χ2v) is 3.37. The van der Waals surface area contributed by atoms with Crippen LogP contribution in [0.5, 0.6) is 0 Å². The van der Waals surface area contributed by atoms with Gasteiger partial charge in [-0.2, -0.15) is 13.2 Å². The van der Waals surface area contributed by atoms with Crippen LogP contribution >= 0.6 is 23.5 Å². The molecule has 0 aromatic heterocycles. The third-order valence-electron chi connectivity index (χ3n) is 0.684. The molecule has 0 aromatic carbocycles. The van der Waals surface area contributed by atoms with Crippen molar-refractivity contribution in [2.24, 2.45) is 0 Å². The topological polar surface area (TPSA) is 0 Å². The van der Waals surface area contributed by atoms with Crippen LogP contribution in [-0.4, -0.2) is 18.7 Å². The summed E-state index contributed by atoms with van der Waals surface area (Å²) in [7, 11) is 0. The van der Waals surface area contributed by atoms with Gasteiger partial charge in [0.2, 0.25) is 0 Å². The minimum atomic E-state index is -4.18. The SMILES string of the molecule is CSC(=CC(F)(F)F)SC. The first-order valence-corrected chi connectivity index (χ1v) is 4.82. The molecule has 0 aromatic rings. The van der Waals surface area contributed by atoms with Gasteiger partial charge in [-0.25, -0.2) is 0 Å². The highest BCUT2D eigenvalue weighted by atomic mass is 32.2. The summed E-state index contributed by atoms with van der Waals surface area (Å²) < 4.78 is 35.0. The number of rotatable bonds is 2. The lowest BCUT2D eigenvalue weighted by Crippen LogP contribution is -2.01. The van der Waals surface area contributed by atoms with E-state index in [9.17, 15) is 13.2 Å². The van der Waals surface area contributed by atoms with E-state index in [0.29, 0.717) is 6.08 Å². The van der Waals surface area contributed by atoms with Gasteiger partial charge in [-0.15, -0.1) is 23.5 Å². The molecular formula is C5H7F3S2. The van der Waals surface area contributed by atoms with Gasteiger partial charge in [0.25, 0.3) is 0 Å². The minimum Gasteiger partial charge on any atom is -0.167 e. The molecule has 0 aliphatic carbocycles. The maximum absolute atomic E-state index is 11.6. The molecule has 60 valence electrons. The number of hydrogen-bond donors (Lipinski definition) is 0. The molecule has 10 heavy (non-hydrogen) atoms. The number of halogens is 3. The van der Waals surface area contributed by atoms with Gasteiger partial charge in [0, 0.05) is 10.3 Å². The zero-order chi connectivity index (χ0) is 8.20. The Bertz CT molecular complexity index is 121. The van der Waals surface area contributed by atoms with Gasteiger partial charge < -0.3 is 0 Å². The average molecular weight is 188 g/mol. The first-order chi connectivity index (χ1) is 4.49. The summed E-state index contributed by atoms with van der Waals surface area (Å²) in [4.78, 5) is 0. The second kappa shape index (κ2) is 4.18. The molecule has 0 heterocycles. The van der Waals surface area contributed by atoms with Gasteiger partial charge >= 0.3 is 6.18 Å². The van der Waals surface area contributed by atoms with Crippen molar-refractivity contribution in [3.05, 3.63) is 10.3 Å². The van der Waals surface area contributed by atoms with Crippen molar-refractivity contribution < 1.29 is 13.2 Å². The number of alkyl halides is 3. The van der Waals surface area contributed by atoms with Crippen molar-refractivity contribution in [1.29, 1.82) is 0 Å². The summed E-state index contributed by atoms with van der Waals surface area (Å²) in [6, 6.07) is 0. The van der Waals surface area contributed by atoms with Crippen LogP contribution in [0.25, 0.3) is 0 Å². The molecule has 0 atom stereocenters. The molecule has 0 bridgehead atoms. The lowest BCUT2D eigenvalue weighted by Gasteiger charge is -2.01. The second-order valence-electron chi connectivity index (χ2n) is 1.41. The van der Waals surface area contributed by atoms with E-state index < -0.39 is 6.18 Å². The lowest BCUT2D eigenvalue weighted by molar-refractivity contribution is -0.0797. The monoisotopic (exact) mass is 188 g/mol. The largest absolute Gasteiger partial charge is 0.411 e. The minimum absolute atomic E-state index is 0.285. The van der Waals surface area contributed by atoms with Gasteiger partial charge in [0.05, 0.1) is 0 Å². The number of hydrogen-bond acceptors (Lipinski definition) is 2. The fourth-order valence-electron chi connectivity index (χ4n) is 0.335. The van der Waals surface area contributed by atoms with Crippen molar-refractivity contribution in [3.8, 4) is 0 Å². The first-order valence-electron chi connectivity index (χ1n) is 2.37. The van der Waals surface area contributed by atoms with Crippen molar-refractivity contribution in [3.63, 3.8) is 0 Å². The Labute approximate surface area is 66.3 Å². The fourth-order valence-corrected chi connectivity index (χ4v) is 1.50. The Morgan fingerprint density at radius 1 is 1.20 bits per heavy atom. The van der Waals surface area contributed by atoms with Crippen molar-refractivity contribution in [1.82, 2.24) is 0 Å². The highest BCUT2D eigenvalue weighted by Gasteiger charge is 2.24. The van der Waals surface area contributed by atoms with Crippen LogP contribution < -0.4 is 0 Å². The van der Waals surface area contributed by atoms with Gasteiger partial charge in [0.15, 0.2) is 0 Å². The summed E-state index contributed by atoms with van der Waals surface area (Å²) in [5.41, 5.74) is 0. The van der Waals surface area contributed by atoms with Gasteiger partial charge in [-0.05, 0) is 12.5 Å². The molecule has 0 spiro atoms. The van der Waals surface area contributed by atoms with Crippen LogP contribution in [0, 0.1) is 0 Å².